The highest BCUT2D eigenvalue weighted by Crippen LogP contribution is 2.20. The Bertz CT molecular complexity index is 806. The lowest BCUT2D eigenvalue weighted by molar-refractivity contribution is -0.133. The van der Waals surface area contributed by atoms with Crippen LogP contribution < -0.4 is 5.32 Å². The monoisotopic (exact) mass is 370 g/mol. The smallest absolute Gasteiger partial charge is 0.402 e. The minimum absolute atomic E-state index is 0.182. The van der Waals surface area contributed by atoms with E-state index in [1.165, 1.54) is 4.90 Å². The van der Waals surface area contributed by atoms with Crippen LogP contribution in [0.3, 0.4) is 0 Å². The lowest BCUT2D eigenvalue weighted by Crippen LogP contribution is -2.47. The number of carbonyl (C=O) groups is 2. The molecular weight excluding hydrogens is 347 g/mol. The molecule has 0 unspecified atom stereocenters. The minimum atomic E-state index is -2.04. The predicted octanol–water partition coefficient (Wildman–Crippen LogP) is 0.845. The number of carbonyl (C=O) groups excluding carboxylic acids is 2. The number of rotatable bonds is 9. The van der Waals surface area contributed by atoms with E-state index >= 15 is 0 Å². The summed E-state index contributed by atoms with van der Waals surface area (Å²) in [6.45, 7) is 5.32. The molecule has 1 atom stereocenters. The Morgan fingerprint density at radius 2 is 1.96 bits per heavy atom. The molecule has 0 aliphatic carbocycles. The largest absolute Gasteiger partial charge is 0.635 e. The Morgan fingerprint density at radius 3 is 2.63 bits per heavy atom. The second-order valence-electron chi connectivity index (χ2n) is 5.92. The number of hydrogen-bond acceptors (Lipinski definition) is 5. The van der Waals surface area contributed by atoms with Crippen LogP contribution in [0.1, 0.15) is 12.5 Å². The molecule has 27 heavy (non-hydrogen) atoms. The number of nitrogens with one attached hydrogen (secondary N) is 1. The summed E-state index contributed by atoms with van der Waals surface area (Å²) in [6, 6.07) is 13.5. The van der Waals surface area contributed by atoms with Gasteiger partial charge >= 0.3 is 7.32 Å². The molecule has 2 rings (SSSR count). The van der Waals surface area contributed by atoms with E-state index < -0.39 is 19.5 Å². The Morgan fingerprint density at radius 1 is 1.26 bits per heavy atom. The Kier molecular flexibility index (Phi) is 7.54. The first-order valence-electron chi connectivity index (χ1n) is 8.63. The van der Waals surface area contributed by atoms with Crippen LogP contribution in [0, 0.1) is 0 Å². The maximum Gasteiger partial charge on any atom is 0.635 e. The number of fused-ring (bicyclic) bond motifs is 1. The van der Waals surface area contributed by atoms with Crippen LogP contribution in [0.2, 0.25) is 0 Å². The molecule has 3 N–H and O–H groups in total. The molecule has 8 heteroatoms. The SMILES string of the molecule is C=CC(=O)N(CC)CC(=O)N[C@@H](Cc1cccc2ccccc12)OB(O)O. The van der Waals surface area contributed by atoms with Gasteiger partial charge in [0.1, 0.15) is 6.23 Å². The van der Waals surface area contributed by atoms with E-state index in [4.69, 9.17) is 4.65 Å². The minimum Gasteiger partial charge on any atom is -0.402 e. The zero-order valence-electron chi connectivity index (χ0n) is 15.2. The van der Waals surface area contributed by atoms with Gasteiger partial charge in [0, 0.05) is 13.0 Å². The molecule has 2 aromatic carbocycles. The molecule has 0 aliphatic rings. The molecule has 7 nitrogen and oxygen atoms in total. The van der Waals surface area contributed by atoms with Crippen molar-refractivity contribution in [3.63, 3.8) is 0 Å². The second kappa shape index (κ2) is 9.87. The molecule has 2 amide bonds. The molecule has 0 heterocycles. The maximum atomic E-state index is 12.3. The lowest BCUT2D eigenvalue weighted by Gasteiger charge is -2.23. The van der Waals surface area contributed by atoms with Crippen molar-refractivity contribution in [1.29, 1.82) is 0 Å². The molecule has 0 spiro atoms. The fourth-order valence-electron chi connectivity index (χ4n) is 2.82. The molecule has 142 valence electrons. The maximum absolute atomic E-state index is 12.3. The van der Waals surface area contributed by atoms with Gasteiger partial charge in [-0.2, -0.15) is 0 Å². The second-order valence-corrected chi connectivity index (χ2v) is 5.92. The molecule has 0 saturated carbocycles. The molecule has 2 aromatic rings. The topological polar surface area (TPSA) is 99.1 Å². The van der Waals surface area contributed by atoms with Crippen molar-refractivity contribution in [2.45, 2.75) is 19.6 Å². The summed E-state index contributed by atoms with van der Waals surface area (Å²) in [7, 11) is -2.04. The van der Waals surface area contributed by atoms with Gasteiger partial charge in [-0.3, -0.25) is 9.59 Å². The summed E-state index contributed by atoms with van der Waals surface area (Å²) in [5, 5.41) is 23.0. The van der Waals surface area contributed by atoms with E-state index in [2.05, 4.69) is 11.9 Å². The first kappa shape index (κ1) is 20.6. The molecule has 0 aliphatic heterocycles. The third kappa shape index (κ3) is 5.92. The number of hydrogen-bond donors (Lipinski definition) is 3. The van der Waals surface area contributed by atoms with Crippen molar-refractivity contribution in [3.05, 3.63) is 60.7 Å². The van der Waals surface area contributed by atoms with Gasteiger partial charge in [0.15, 0.2) is 0 Å². The zero-order valence-corrected chi connectivity index (χ0v) is 15.2. The van der Waals surface area contributed by atoms with E-state index in [9.17, 15) is 19.6 Å². The highest BCUT2D eigenvalue weighted by atomic mass is 16.6. The first-order valence-corrected chi connectivity index (χ1v) is 8.63. The van der Waals surface area contributed by atoms with Gasteiger partial charge in [0.25, 0.3) is 0 Å². The molecule has 0 bridgehead atoms. The summed E-state index contributed by atoms with van der Waals surface area (Å²) >= 11 is 0. The summed E-state index contributed by atoms with van der Waals surface area (Å²) < 4.78 is 5.03. The normalized spacial score (nSPS) is 11.7. The van der Waals surface area contributed by atoms with Gasteiger partial charge in [0.2, 0.25) is 11.8 Å². The first-order chi connectivity index (χ1) is 12.9. The summed E-state index contributed by atoms with van der Waals surface area (Å²) in [4.78, 5) is 25.3. The van der Waals surface area contributed by atoms with Crippen LogP contribution in [0.15, 0.2) is 55.1 Å². The van der Waals surface area contributed by atoms with Crippen molar-refractivity contribution in [3.8, 4) is 0 Å². The Hall–Kier alpha value is -2.68. The predicted molar refractivity (Wildman–Crippen MR) is 103 cm³/mol. The molecule has 0 saturated heterocycles. The van der Waals surface area contributed by atoms with E-state index in [1.54, 1.807) is 6.92 Å². The van der Waals surface area contributed by atoms with Crippen molar-refractivity contribution in [1.82, 2.24) is 10.2 Å². The summed E-state index contributed by atoms with van der Waals surface area (Å²) in [5.74, 6) is -0.834. The van der Waals surface area contributed by atoms with Crippen LogP contribution in [0.25, 0.3) is 10.8 Å². The summed E-state index contributed by atoms with van der Waals surface area (Å²) in [6.07, 6.45) is 0.394. The van der Waals surface area contributed by atoms with Gasteiger partial charge < -0.3 is 24.9 Å². The fourth-order valence-corrected chi connectivity index (χ4v) is 2.82. The third-order valence-electron chi connectivity index (χ3n) is 4.10. The van der Waals surface area contributed by atoms with Crippen molar-refractivity contribution >= 4 is 29.9 Å². The zero-order chi connectivity index (χ0) is 19.8. The van der Waals surface area contributed by atoms with Crippen LogP contribution in [-0.4, -0.2) is 53.4 Å². The average Bonchev–Trinajstić information content (AvgIpc) is 2.65. The van der Waals surface area contributed by atoms with Crippen molar-refractivity contribution in [2.75, 3.05) is 13.1 Å². The van der Waals surface area contributed by atoms with Gasteiger partial charge in [-0.1, -0.05) is 49.0 Å². The van der Waals surface area contributed by atoms with Crippen LogP contribution in [0.4, 0.5) is 0 Å². The highest BCUT2D eigenvalue weighted by molar-refractivity contribution is 6.32. The molecule has 0 aromatic heterocycles. The van der Waals surface area contributed by atoms with Gasteiger partial charge in [0.05, 0.1) is 6.54 Å². The number of amides is 2. The summed E-state index contributed by atoms with van der Waals surface area (Å²) in [5.41, 5.74) is 0.883. The van der Waals surface area contributed by atoms with Crippen LogP contribution >= 0.6 is 0 Å². The van der Waals surface area contributed by atoms with E-state index in [0.29, 0.717) is 6.54 Å². The van der Waals surface area contributed by atoms with Gasteiger partial charge in [-0.05, 0) is 29.3 Å². The molecular formula is C19H23BN2O5. The number of benzene rings is 2. The van der Waals surface area contributed by atoms with Crippen LogP contribution in [-0.2, 0) is 20.7 Å². The van der Waals surface area contributed by atoms with E-state index in [-0.39, 0.29) is 18.9 Å². The Balaban J connectivity index is 2.14. The fraction of sp³-hybridized carbons (Fsp3) is 0.263. The van der Waals surface area contributed by atoms with E-state index in [1.807, 2.05) is 42.5 Å². The Labute approximate surface area is 158 Å². The average molecular weight is 370 g/mol. The third-order valence-corrected chi connectivity index (χ3v) is 4.10. The van der Waals surface area contributed by atoms with Crippen molar-refractivity contribution in [2.24, 2.45) is 0 Å². The van der Waals surface area contributed by atoms with Crippen LogP contribution in [0.5, 0.6) is 0 Å². The standard InChI is InChI=1S/C19H23BN2O5/c1-3-19(24)22(4-2)13-17(23)21-18(27-20(25)26)12-15-10-7-9-14-8-5-6-11-16(14)15/h3,5-11,18,25-26H,1,4,12-13H2,2H3,(H,21,23)/t18-/m1/s1. The van der Waals surface area contributed by atoms with Gasteiger partial charge in [-0.25, -0.2) is 0 Å². The molecule has 0 fully saturated rings. The van der Waals surface area contributed by atoms with E-state index in [0.717, 1.165) is 22.4 Å². The lowest BCUT2D eigenvalue weighted by atomic mass is 10.0. The van der Waals surface area contributed by atoms with Crippen molar-refractivity contribution < 1.29 is 24.3 Å². The highest BCUT2D eigenvalue weighted by Gasteiger charge is 2.22. The quantitative estimate of drug-likeness (QED) is 0.345. The van der Waals surface area contributed by atoms with Gasteiger partial charge in [-0.15, -0.1) is 0 Å². The number of nitrogens with zero attached hydrogens (tertiary/aromatic N) is 1. The number of likely N-dealkylation sites (N-methyl/N-ethyl adjacent to an activating group) is 1. The molecule has 0 radical (unpaired) electrons.